The van der Waals surface area contributed by atoms with Crippen LogP contribution in [0, 0.1) is 18.8 Å². The molecule has 1 atom stereocenters. The Morgan fingerprint density at radius 2 is 2.21 bits per heavy atom. The van der Waals surface area contributed by atoms with Crippen LogP contribution in [0.2, 0.25) is 0 Å². The van der Waals surface area contributed by atoms with Crippen molar-refractivity contribution in [3.63, 3.8) is 0 Å². The summed E-state index contributed by atoms with van der Waals surface area (Å²) in [5.74, 6) is 1.01. The van der Waals surface area contributed by atoms with E-state index in [4.69, 9.17) is 5.73 Å². The van der Waals surface area contributed by atoms with Crippen LogP contribution in [-0.4, -0.2) is 25.8 Å². The summed E-state index contributed by atoms with van der Waals surface area (Å²) in [5.41, 5.74) is 6.60. The minimum atomic E-state index is -3.32. The Labute approximate surface area is 119 Å². The van der Waals surface area contributed by atoms with E-state index in [2.05, 4.69) is 13.8 Å². The van der Waals surface area contributed by atoms with Gasteiger partial charge < -0.3 is 5.73 Å². The van der Waals surface area contributed by atoms with Crippen molar-refractivity contribution in [3.05, 3.63) is 16.5 Å². The van der Waals surface area contributed by atoms with Gasteiger partial charge in [-0.25, -0.2) is 8.42 Å². The van der Waals surface area contributed by atoms with Gasteiger partial charge >= 0.3 is 0 Å². The van der Waals surface area contributed by atoms with E-state index in [1.807, 2.05) is 6.92 Å². The second-order valence-electron chi connectivity index (χ2n) is 5.53. The zero-order valence-corrected chi connectivity index (χ0v) is 13.4. The van der Waals surface area contributed by atoms with Gasteiger partial charge in [0.1, 0.15) is 4.21 Å². The zero-order valence-electron chi connectivity index (χ0n) is 11.7. The second-order valence-corrected chi connectivity index (χ2v) is 8.83. The van der Waals surface area contributed by atoms with Crippen LogP contribution >= 0.6 is 11.3 Å². The van der Waals surface area contributed by atoms with Gasteiger partial charge in [0.05, 0.1) is 0 Å². The zero-order chi connectivity index (χ0) is 14.2. The number of thiophene rings is 1. The quantitative estimate of drug-likeness (QED) is 0.927. The average molecular weight is 302 g/mol. The third-order valence-corrected chi connectivity index (χ3v) is 7.48. The molecular weight excluding hydrogens is 280 g/mol. The lowest BCUT2D eigenvalue weighted by molar-refractivity contribution is 0.389. The maximum Gasteiger partial charge on any atom is 0.252 e. The summed E-state index contributed by atoms with van der Waals surface area (Å²) in [6.45, 7) is 7.92. The van der Waals surface area contributed by atoms with E-state index in [0.717, 1.165) is 16.9 Å². The normalized spacial score (nSPS) is 21.4. The first-order valence-electron chi connectivity index (χ1n) is 6.65. The first kappa shape index (κ1) is 15.0. The highest BCUT2D eigenvalue weighted by atomic mass is 32.2. The minimum Gasteiger partial charge on any atom is -0.326 e. The molecule has 0 saturated carbocycles. The lowest BCUT2D eigenvalue weighted by Crippen LogP contribution is -2.28. The predicted octanol–water partition coefficient (Wildman–Crippen LogP) is 2.18. The molecule has 1 fully saturated rings. The van der Waals surface area contributed by atoms with Crippen LogP contribution in [0.15, 0.2) is 10.3 Å². The molecule has 0 spiro atoms. The highest BCUT2D eigenvalue weighted by Crippen LogP contribution is 2.32. The monoisotopic (exact) mass is 302 g/mol. The van der Waals surface area contributed by atoms with Gasteiger partial charge in [0.2, 0.25) is 0 Å². The van der Waals surface area contributed by atoms with Crippen molar-refractivity contribution in [2.45, 2.75) is 37.9 Å². The fraction of sp³-hybridized carbons (Fsp3) is 0.692. The van der Waals surface area contributed by atoms with Crippen LogP contribution in [0.4, 0.5) is 0 Å². The first-order valence-corrected chi connectivity index (χ1v) is 8.91. The first-order chi connectivity index (χ1) is 8.86. The Hall–Kier alpha value is -0.430. The van der Waals surface area contributed by atoms with E-state index in [1.165, 1.54) is 11.3 Å². The number of aryl methyl sites for hydroxylation is 1. The summed E-state index contributed by atoms with van der Waals surface area (Å²) in [6, 6.07) is 1.75. The van der Waals surface area contributed by atoms with Gasteiger partial charge in [0, 0.05) is 24.5 Å². The molecule has 1 saturated heterocycles. The molecule has 2 rings (SSSR count). The van der Waals surface area contributed by atoms with E-state index >= 15 is 0 Å². The fourth-order valence-corrected chi connectivity index (χ4v) is 5.60. The van der Waals surface area contributed by atoms with Gasteiger partial charge in [-0.15, -0.1) is 11.3 Å². The molecule has 0 aromatic carbocycles. The van der Waals surface area contributed by atoms with Crippen LogP contribution in [0.25, 0.3) is 0 Å². The third kappa shape index (κ3) is 2.86. The Morgan fingerprint density at radius 1 is 1.53 bits per heavy atom. The number of nitrogens with zero attached hydrogens (tertiary/aromatic N) is 1. The van der Waals surface area contributed by atoms with Gasteiger partial charge in [0.15, 0.2) is 0 Å². The van der Waals surface area contributed by atoms with Crippen LogP contribution in [0.5, 0.6) is 0 Å². The summed E-state index contributed by atoms with van der Waals surface area (Å²) in [5, 5.41) is 0. The molecule has 2 heterocycles. The third-order valence-electron chi connectivity index (χ3n) is 3.91. The number of nitrogens with two attached hydrogens (primary N) is 1. The summed E-state index contributed by atoms with van der Waals surface area (Å²) >= 11 is 1.31. The van der Waals surface area contributed by atoms with Crippen molar-refractivity contribution >= 4 is 21.4 Å². The molecule has 6 heteroatoms. The lowest BCUT2D eigenvalue weighted by atomic mass is 9.96. The minimum absolute atomic E-state index is 0.403. The Bertz CT molecular complexity index is 549. The molecule has 0 amide bonds. The smallest absolute Gasteiger partial charge is 0.252 e. The molecule has 4 nitrogen and oxygen atoms in total. The molecule has 2 N–H and O–H groups in total. The van der Waals surface area contributed by atoms with Crippen molar-refractivity contribution in [2.24, 2.45) is 17.6 Å². The van der Waals surface area contributed by atoms with E-state index in [-0.39, 0.29) is 0 Å². The van der Waals surface area contributed by atoms with Crippen molar-refractivity contribution in [2.75, 3.05) is 13.1 Å². The summed E-state index contributed by atoms with van der Waals surface area (Å²) in [4.78, 5) is 0.957. The Balaban J connectivity index is 2.23. The Kier molecular flexibility index (Phi) is 4.35. The van der Waals surface area contributed by atoms with Crippen LogP contribution < -0.4 is 5.73 Å². The van der Waals surface area contributed by atoms with Crippen molar-refractivity contribution in [1.29, 1.82) is 0 Å². The summed E-state index contributed by atoms with van der Waals surface area (Å²) in [6.07, 6.45) is 0.963. The van der Waals surface area contributed by atoms with E-state index in [0.29, 0.717) is 35.7 Å². The van der Waals surface area contributed by atoms with Crippen LogP contribution in [0.3, 0.4) is 0 Å². The van der Waals surface area contributed by atoms with E-state index in [1.54, 1.807) is 10.4 Å². The molecule has 1 aromatic rings. The number of rotatable bonds is 4. The van der Waals surface area contributed by atoms with Crippen LogP contribution in [0.1, 0.15) is 30.7 Å². The lowest BCUT2D eigenvalue weighted by Gasteiger charge is -2.17. The molecule has 108 valence electrons. The molecule has 0 aliphatic carbocycles. The molecule has 1 aliphatic rings. The van der Waals surface area contributed by atoms with Gasteiger partial charge in [0.25, 0.3) is 10.0 Å². The van der Waals surface area contributed by atoms with Gasteiger partial charge in [-0.3, -0.25) is 0 Å². The molecule has 0 radical (unpaired) electrons. The fourth-order valence-electron chi connectivity index (χ4n) is 2.46. The highest BCUT2D eigenvalue weighted by molar-refractivity contribution is 7.91. The van der Waals surface area contributed by atoms with Crippen molar-refractivity contribution in [3.8, 4) is 0 Å². The predicted molar refractivity (Wildman–Crippen MR) is 78.7 cm³/mol. The standard InChI is InChI=1S/C13H22N2O2S2/c1-9(2)11-4-5-15(8-11)19(16,17)13-6-10(3)12(7-14)18-13/h6,9,11H,4-5,7-8,14H2,1-3H3. The number of hydrogen-bond acceptors (Lipinski definition) is 4. The van der Waals surface area contributed by atoms with Crippen molar-refractivity contribution < 1.29 is 8.42 Å². The maximum absolute atomic E-state index is 12.6. The summed E-state index contributed by atoms with van der Waals surface area (Å²) < 4.78 is 27.2. The highest BCUT2D eigenvalue weighted by Gasteiger charge is 2.34. The molecule has 1 aromatic heterocycles. The molecule has 1 unspecified atom stereocenters. The summed E-state index contributed by atoms with van der Waals surface area (Å²) in [7, 11) is -3.32. The van der Waals surface area contributed by atoms with Gasteiger partial charge in [-0.1, -0.05) is 13.8 Å². The molecule has 0 bridgehead atoms. The van der Waals surface area contributed by atoms with Gasteiger partial charge in [-0.05, 0) is 36.8 Å². The van der Waals surface area contributed by atoms with Gasteiger partial charge in [-0.2, -0.15) is 4.31 Å². The largest absolute Gasteiger partial charge is 0.326 e. The maximum atomic E-state index is 12.6. The van der Waals surface area contributed by atoms with E-state index < -0.39 is 10.0 Å². The van der Waals surface area contributed by atoms with Crippen LogP contribution in [-0.2, 0) is 16.6 Å². The SMILES string of the molecule is Cc1cc(S(=O)(=O)N2CCC(C(C)C)C2)sc1CN. The van der Waals surface area contributed by atoms with E-state index in [9.17, 15) is 8.42 Å². The molecular formula is C13H22N2O2S2. The number of sulfonamides is 1. The Morgan fingerprint density at radius 3 is 2.68 bits per heavy atom. The average Bonchev–Trinajstić information content (AvgIpc) is 2.95. The molecule has 19 heavy (non-hydrogen) atoms. The second kappa shape index (κ2) is 5.52. The van der Waals surface area contributed by atoms with Crippen molar-refractivity contribution in [1.82, 2.24) is 4.31 Å². The number of hydrogen-bond donors (Lipinski definition) is 1. The molecule has 1 aliphatic heterocycles. The topological polar surface area (TPSA) is 63.4 Å².